The van der Waals surface area contributed by atoms with Crippen molar-refractivity contribution in [3.8, 4) is 0 Å². The van der Waals surface area contributed by atoms with E-state index in [1.807, 2.05) is 215 Å². The van der Waals surface area contributed by atoms with Crippen molar-refractivity contribution >= 4 is 70.1 Å². The lowest BCUT2D eigenvalue weighted by molar-refractivity contribution is -0.155. The van der Waals surface area contributed by atoms with Crippen molar-refractivity contribution in [2.24, 2.45) is 49.2 Å². The summed E-state index contributed by atoms with van der Waals surface area (Å²) >= 11 is 1.87. The van der Waals surface area contributed by atoms with E-state index in [4.69, 9.17) is 14.2 Å². The molecule has 4 aromatic rings. The molecule has 0 radical (unpaired) electrons. The van der Waals surface area contributed by atoms with Gasteiger partial charge < -0.3 is 46.1 Å². The van der Waals surface area contributed by atoms with Gasteiger partial charge in [-0.05, 0) is 218 Å². The van der Waals surface area contributed by atoms with Gasteiger partial charge in [-0.1, -0.05) is 255 Å². The first-order valence-corrected chi connectivity index (χ1v) is 42.8. The van der Waals surface area contributed by atoms with E-state index < -0.39 is 10.8 Å². The molecule has 4 aromatic carbocycles. The second-order valence-corrected chi connectivity index (χ2v) is 39.4. The highest BCUT2D eigenvalue weighted by molar-refractivity contribution is 7.99. The Morgan fingerprint density at radius 1 is 0.453 bits per heavy atom. The monoisotopic (exact) mass is 1640 g/mol. The molecule has 1 heterocycles. The first-order chi connectivity index (χ1) is 53.9. The standard InChI is InChI=1S/2C16H25NO.2C14H19NO3.C13H24N2.C7H12O.C7H12S.2C5H12.C4H8/c2*1-15(2,3)11-12-7-9-13(10-8-12)17-14(18)16(4,5)6;2*1-10(16)15-12-7-5-11(6-8-12)9-18-13(17)14(2,3)4;1-3-12-8-5-4-6-11-15-13(12)9-7-10-14-2;2*1-3-5-7-8-6-4-2;2*1-5(2,3)4;1-3-4-2/h2*7-10H,11H2,1-6H3,(H,17,18);2*5-8H,9H2,1-4H3,(H,15,16);7,9-10,12,14-15H,3-6,8,11H2,1-2H3;2*3-5H,2,6-7H2,1H3;2*1-4H3;3-4H,1-2H3/b;;;;10-7+,13-9-;;;;;. The van der Waals surface area contributed by atoms with Crippen LogP contribution in [0.1, 0.15) is 283 Å². The smallest absolute Gasteiger partial charge is 0.311 e. The van der Waals surface area contributed by atoms with Crippen molar-refractivity contribution in [1.29, 1.82) is 0 Å². The molecule has 1 saturated heterocycles. The summed E-state index contributed by atoms with van der Waals surface area (Å²) in [5, 5.41) is 17.8. The fourth-order valence-corrected chi connectivity index (χ4v) is 9.13. The molecule has 0 saturated carbocycles. The summed E-state index contributed by atoms with van der Waals surface area (Å²) in [7, 11) is 1.93. The van der Waals surface area contributed by atoms with Crippen LogP contribution >= 0.6 is 11.8 Å². The number of hydrogen-bond donors (Lipinski definition) is 6. The third kappa shape index (κ3) is 80.0. The van der Waals surface area contributed by atoms with Gasteiger partial charge in [0.2, 0.25) is 23.6 Å². The van der Waals surface area contributed by atoms with Crippen molar-refractivity contribution in [2.45, 2.75) is 287 Å². The second-order valence-electron chi connectivity index (χ2n) is 38.3. The fraction of sp³-hybridized carbons (Fsp3) is 0.564. The van der Waals surface area contributed by atoms with Crippen LogP contribution in [0, 0.1) is 49.2 Å². The van der Waals surface area contributed by atoms with Crippen LogP contribution in [-0.4, -0.2) is 73.9 Å². The minimum Gasteiger partial charge on any atom is -0.460 e. The topological polar surface area (TPSA) is 202 Å². The molecule has 16 heteroatoms. The number of benzene rings is 4. The predicted octanol–water partition coefficient (Wildman–Crippen LogP) is 26.7. The molecule has 1 atom stereocenters. The Morgan fingerprint density at radius 2 is 0.803 bits per heavy atom. The molecule has 5 rings (SSSR count). The maximum Gasteiger partial charge on any atom is 0.311 e. The number of anilines is 4. The molecular formula is C101H168N6O9S. The van der Waals surface area contributed by atoms with E-state index in [0.717, 1.165) is 70.7 Å². The molecule has 0 bridgehead atoms. The molecule has 662 valence electrons. The number of amides is 4. The van der Waals surface area contributed by atoms with E-state index in [2.05, 4.69) is 197 Å². The molecule has 1 aliphatic rings. The van der Waals surface area contributed by atoms with E-state index in [1.165, 1.54) is 62.8 Å². The van der Waals surface area contributed by atoms with Crippen molar-refractivity contribution < 1.29 is 43.0 Å². The quantitative estimate of drug-likeness (QED) is 0.0262. The summed E-state index contributed by atoms with van der Waals surface area (Å²) in [6.07, 6.45) is 30.8. The van der Waals surface area contributed by atoms with Gasteiger partial charge in [0.15, 0.2) is 0 Å². The predicted molar refractivity (Wildman–Crippen MR) is 511 cm³/mol. The van der Waals surface area contributed by atoms with E-state index in [1.54, 1.807) is 30.3 Å². The largest absolute Gasteiger partial charge is 0.460 e. The van der Waals surface area contributed by atoms with Crippen LogP contribution in [0.3, 0.4) is 0 Å². The van der Waals surface area contributed by atoms with Gasteiger partial charge in [-0.3, -0.25) is 28.8 Å². The van der Waals surface area contributed by atoms with Crippen LogP contribution in [-0.2, 0) is 69.0 Å². The molecule has 1 fully saturated rings. The maximum absolute atomic E-state index is 11.8. The van der Waals surface area contributed by atoms with Gasteiger partial charge >= 0.3 is 11.9 Å². The van der Waals surface area contributed by atoms with E-state index in [0.29, 0.717) is 24.0 Å². The number of allylic oxidation sites excluding steroid dienone is 7. The zero-order valence-electron chi connectivity index (χ0n) is 80.1. The number of carbonyl (C=O) groups is 6. The number of ether oxygens (including phenoxy) is 3. The van der Waals surface area contributed by atoms with Gasteiger partial charge in [0, 0.05) is 78.2 Å². The first kappa shape index (κ1) is 117. The van der Waals surface area contributed by atoms with Crippen LogP contribution in [0.15, 0.2) is 183 Å². The summed E-state index contributed by atoms with van der Waals surface area (Å²) in [6, 6.07) is 30.7. The lowest BCUT2D eigenvalue weighted by Crippen LogP contribution is -2.27. The lowest BCUT2D eigenvalue weighted by Gasteiger charge is -2.23. The van der Waals surface area contributed by atoms with E-state index >= 15 is 0 Å². The van der Waals surface area contributed by atoms with Crippen LogP contribution in [0.2, 0.25) is 0 Å². The third-order valence-electron chi connectivity index (χ3n) is 14.5. The number of esters is 2. The van der Waals surface area contributed by atoms with Gasteiger partial charge in [0.1, 0.15) is 13.2 Å². The molecule has 0 aromatic heterocycles. The zero-order valence-corrected chi connectivity index (χ0v) is 80.9. The summed E-state index contributed by atoms with van der Waals surface area (Å²) in [4.78, 5) is 68.5. The molecule has 15 nitrogen and oxygen atoms in total. The highest BCUT2D eigenvalue weighted by Crippen LogP contribution is 2.27. The fourth-order valence-electron chi connectivity index (χ4n) is 8.50. The Bertz CT molecular complexity index is 3250. The van der Waals surface area contributed by atoms with Crippen molar-refractivity contribution in [3.63, 3.8) is 0 Å². The summed E-state index contributed by atoms with van der Waals surface area (Å²) in [5.41, 5.74) is 8.88. The van der Waals surface area contributed by atoms with Gasteiger partial charge in [0.05, 0.1) is 24.0 Å². The van der Waals surface area contributed by atoms with Gasteiger partial charge in [-0.2, -0.15) is 11.8 Å². The molecule has 0 spiro atoms. The Morgan fingerprint density at radius 3 is 1.09 bits per heavy atom. The van der Waals surface area contributed by atoms with Crippen LogP contribution < -0.4 is 31.9 Å². The Balaban J connectivity index is -0.000000411. The van der Waals surface area contributed by atoms with Crippen molar-refractivity contribution in [1.82, 2.24) is 10.6 Å². The van der Waals surface area contributed by atoms with E-state index in [-0.39, 0.29) is 70.4 Å². The SMILES string of the molecule is C=CCOCC=CC.C=CCSCC=CC.CC(=O)Nc1ccc(COC(=O)C(C)(C)C)cc1.CC(=O)Nc1ccc(COC(=O)C(C)(C)C)cc1.CC(C)(C)C.CC(C)(C)C.CC(C)(C)Cc1ccc(NC(=O)C(C)(C)C)cc1.CC(C)(C)Cc1ccc(NC(=O)C(C)(C)C)cc1.CC=CC.CCC1CCCCCN/C1=C\C=C\NC. The minimum absolute atomic E-state index is 0.0473. The number of nitrogens with one attached hydrogen (secondary N) is 6. The van der Waals surface area contributed by atoms with Crippen molar-refractivity contribution in [2.75, 3.05) is 59.6 Å². The Kier molecular flexibility index (Phi) is 64.0. The molecule has 1 aliphatic heterocycles. The molecule has 1 unspecified atom stereocenters. The van der Waals surface area contributed by atoms with Gasteiger partial charge in [0.25, 0.3) is 0 Å². The summed E-state index contributed by atoms with van der Waals surface area (Å²) in [5.74, 6) is 2.32. The summed E-state index contributed by atoms with van der Waals surface area (Å²) in [6.45, 7) is 76.5. The first-order valence-electron chi connectivity index (χ1n) is 41.7. The molecule has 0 aliphatic carbocycles. The van der Waals surface area contributed by atoms with Crippen molar-refractivity contribution in [3.05, 3.63) is 205 Å². The molecule has 117 heavy (non-hydrogen) atoms. The average molecular weight is 1640 g/mol. The Hall–Kier alpha value is -8.21. The molecular weight excluding hydrogens is 1470 g/mol. The highest BCUT2D eigenvalue weighted by Gasteiger charge is 2.25. The highest BCUT2D eigenvalue weighted by atomic mass is 32.2. The van der Waals surface area contributed by atoms with Crippen LogP contribution in [0.5, 0.6) is 0 Å². The van der Waals surface area contributed by atoms with Gasteiger partial charge in [-0.15, -0.1) is 13.2 Å². The summed E-state index contributed by atoms with van der Waals surface area (Å²) < 4.78 is 15.4. The average Bonchev–Trinajstić information content (AvgIpc) is 0.875. The number of carbonyl (C=O) groups excluding carboxylic acids is 6. The molecule has 6 N–H and O–H groups in total. The zero-order chi connectivity index (χ0) is 91.3. The van der Waals surface area contributed by atoms with Gasteiger partial charge in [-0.25, -0.2) is 0 Å². The third-order valence-corrected chi connectivity index (χ3v) is 15.4. The van der Waals surface area contributed by atoms with Crippen LogP contribution in [0.4, 0.5) is 22.7 Å². The molecule has 4 amide bonds. The number of rotatable bonds is 21. The number of hydrogen-bond acceptors (Lipinski definition) is 12. The second kappa shape index (κ2) is 63.8. The van der Waals surface area contributed by atoms with E-state index in [9.17, 15) is 28.8 Å². The maximum atomic E-state index is 11.8. The normalized spacial score (nSPS) is 13.2. The number of thioether (sulfide) groups is 1. The Labute approximate surface area is 720 Å². The minimum atomic E-state index is -0.490. The van der Waals surface area contributed by atoms with Crippen LogP contribution in [0.25, 0.3) is 0 Å². The lowest BCUT2D eigenvalue weighted by atomic mass is 9.88.